The fourth-order valence-electron chi connectivity index (χ4n) is 3.49. The zero-order valence-electron chi connectivity index (χ0n) is 20.2. The lowest BCUT2D eigenvalue weighted by molar-refractivity contribution is 0.398. The van der Waals surface area contributed by atoms with Gasteiger partial charge in [0, 0.05) is 24.4 Å². The quantitative estimate of drug-likeness (QED) is 0.338. The van der Waals surface area contributed by atoms with Crippen molar-refractivity contribution >= 4 is 27.6 Å². The Kier molecular flexibility index (Phi) is 7.22. The zero-order chi connectivity index (χ0) is 26.0. The first-order valence-corrected chi connectivity index (χ1v) is 12.9. The Hall–Kier alpha value is -3.58. The van der Waals surface area contributed by atoms with E-state index in [0.29, 0.717) is 39.9 Å². The minimum absolute atomic E-state index is 0.0194. The largest absolute Gasteiger partial charge is 0.481 e. The Balaban J connectivity index is 1.73. The Morgan fingerprint density at radius 2 is 1.81 bits per heavy atom. The minimum atomic E-state index is -3.97. The maximum absolute atomic E-state index is 13.4. The number of methoxy groups -OCH3 is 1. The van der Waals surface area contributed by atoms with Crippen LogP contribution in [0, 0.1) is 6.92 Å². The van der Waals surface area contributed by atoms with Crippen molar-refractivity contribution < 1.29 is 17.6 Å². The number of aryl methyl sites for hydroxylation is 1. The van der Waals surface area contributed by atoms with Crippen molar-refractivity contribution in [1.29, 1.82) is 0 Å². The number of hydrogen-bond acceptors (Lipinski definition) is 10. The summed E-state index contributed by atoms with van der Waals surface area (Å²) in [4.78, 5) is 17.0. The molecule has 14 heteroatoms. The average molecular weight is 533 g/mol. The topological polar surface area (TPSA) is 151 Å². The number of aromatic nitrogens is 7. The van der Waals surface area contributed by atoms with Crippen molar-refractivity contribution in [2.24, 2.45) is 0 Å². The van der Waals surface area contributed by atoms with E-state index in [9.17, 15) is 8.42 Å². The fraction of sp³-hybridized carbons (Fsp3) is 0.364. The van der Waals surface area contributed by atoms with Gasteiger partial charge in [0.1, 0.15) is 23.3 Å². The molecule has 0 saturated heterocycles. The van der Waals surface area contributed by atoms with Crippen LogP contribution in [-0.4, -0.2) is 55.5 Å². The summed E-state index contributed by atoms with van der Waals surface area (Å²) in [6.07, 6.45) is 4.44. The summed E-state index contributed by atoms with van der Waals surface area (Å²) in [5, 5.41) is 7.81. The van der Waals surface area contributed by atoms with Crippen LogP contribution in [0.5, 0.6) is 5.88 Å². The molecule has 190 valence electrons. The van der Waals surface area contributed by atoms with Crippen molar-refractivity contribution in [1.82, 2.24) is 34.7 Å². The number of ether oxygens (including phenoxy) is 1. The normalized spacial score (nSPS) is 14.3. The number of halogens is 1. The van der Waals surface area contributed by atoms with E-state index >= 15 is 0 Å². The van der Waals surface area contributed by atoms with Gasteiger partial charge in [0.15, 0.2) is 5.82 Å². The van der Waals surface area contributed by atoms with Gasteiger partial charge in [-0.3, -0.25) is 9.29 Å². The average Bonchev–Trinajstić information content (AvgIpc) is 3.49. The molecule has 0 aliphatic heterocycles. The summed E-state index contributed by atoms with van der Waals surface area (Å²) in [6, 6.07) is 4.59. The number of nitrogens with one attached hydrogen (secondary N) is 1. The summed E-state index contributed by atoms with van der Waals surface area (Å²) in [5.74, 6) is 1.43. The van der Waals surface area contributed by atoms with E-state index in [2.05, 4.69) is 34.9 Å². The molecule has 0 radical (unpaired) electrons. The first-order valence-electron chi connectivity index (χ1n) is 11.0. The highest BCUT2D eigenvalue weighted by Gasteiger charge is 2.33. The molecule has 0 aliphatic rings. The maximum Gasteiger partial charge on any atom is 0.239 e. The van der Waals surface area contributed by atoms with Crippen LogP contribution in [0.3, 0.4) is 0 Å². The second-order valence-corrected chi connectivity index (χ2v) is 10.6. The van der Waals surface area contributed by atoms with Gasteiger partial charge in [0.05, 0.1) is 23.6 Å². The van der Waals surface area contributed by atoms with Crippen LogP contribution < -0.4 is 9.46 Å². The number of sulfonamides is 1. The van der Waals surface area contributed by atoms with Crippen LogP contribution >= 0.6 is 11.6 Å². The molecule has 0 amide bonds. The van der Waals surface area contributed by atoms with E-state index in [4.69, 9.17) is 20.8 Å². The molecule has 0 saturated carbocycles. The molecule has 4 aromatic rings. The third-order valence-corrected chi connectivity index (χ3v) is 7.77. The van der Waals surface area contributed by atoms with Crippen LogP contribution in [0.25, 0.3) is 11.5 Å². The second-order valence-electron chi connectivity index (χ2n) is 8.17. The van der Waals surface area contributed by atoms with Crippen molar-refractivity contribution in [3.63, 3.8) is 0 Å². The van der Waals surface area contributed by atoms with E-state index in [1.165, 1.54) is 19.5 Å². The predicted molar refractivity (Wildman–Crippen MR) is 132 cm³/mol. The molecule has 3 atom stereocenters. The molecule has 4 heterocycles. The van der Waals surface area contributed by atoms with Gasteiger partial charge in [0.25, 0.3) is 0 Å². The van der Waals surface area contributed by atoms with Crippen LogP contribution in [0.4, 0.5) is 5.95 Å². The zero-order valence-corrected chi connectivity index (χ0v) is 21.8. The highest BCUT2D eigenvalue weighted by molar-refractivity contribution is 7.93. The van der Waals surface area contributed by atoms with Crippen LogP contribution in [0.1, 0.15) is 50.2 Å². The minimum Gasteiger partial charge on any atom is -0.481 e. The lowest BCUT2D eigenvalue weighted by Crippen LogP contribution is -2.32. The Labute approximate surface area is 213 Å². The van der Waals surface area contributed by atoms with E-state index < -0.39 is 27.2 Å². The van der Waals surface area contributed by atoms with Crippen molar-refractivity contribution in [2.45, 2.75) is 44.9 Å². The van der Waals surface area contributed by atoms with Crippen molar-refractivity contribution in [3.05, 3.63) is 59.3 Å². The van der Waals surface area contributed by atoms with Crippen molar-refractivity contribution in [2.75, 3.05) is 11.8 Å². The summed E-state index contributed by atoms with van der Waals surface area (Å²) in [5.41, 5.74) is 0.429. The highest BCUT2D eigenvalue weighted by Crippen LogP contribution is 2.30. The molecule has 0 fully saturated rings. The van der Waals surface area contributed by atoms with E-state index in [1.54, 1.807) is 56.7 Å². The molecule has 4 rings (SSSR count). The molecule has 12 nitrogen and oxygen atoms in total. The Bertz CT molecular complexity index is 1450. The maximum atomic E-state index is 13.4. The molecule has 0 aromatic carbocycles. The third-order valence-electron chi connectivity index (χ3n) is 5.72. The van der Waals surface area contributed by atoms with Crippen molar-refractivity contribution in [3.8, 4) is 17.4 Å². The number of nitrogens with zero attached hydrogens (tertiary/aromatic N) is 7. The summed E-state index contributed by atoms with van der Waals surface area (Å²) in [7, 11) is -2.47. The fourth-order valence-corrected chi connectivity index (χ4v) is 4.82. The number of hydrogen-bond donors (Lipinski definition) is 1. The summed E-state index contributed by atoms with van der Waals surface area (Å²) >= 11 is 5.86. The highest BCUT2D eigenvalue weighted by atomic mass is 35.5. The van der Waals surface area contributed by atoms with Gasteiger partial charge in [-0.25, -0.2) is 28.4 Å². The molecular weight excluding hydrogens is 508 g/mol. The van der Waals surface area contributed by atoms with Gasteiger partial charge in [-0.1, -0.05) is 24.6 Å². The smallest absolute Gasteiger partial charge is 0.239 e. The lowest BCUT2D eigenvalue weighted by atomic mass is 10.1. The van der Waals surface area contributed by atoms with Gasteiger partial charge < -0.3 is 9.15 Å². The number of oxazole rings is 1. The van der Waals surface area contributed by atoms with Crippen LogP contribution in [-0.2, 0) is 10.0 Å². The van der Waals surface area contributed by atoms with Gasteiger partial charge in [-0.2, -0.15) is 0 Å². The number of rotatable bonds is 9. The predicted octanol–water partition coefficient (Wildman–Crippen LogP) is 3.63. The number of anilines is 1. The molecule has 0 aliphatic carbocycles. The van der Waals surface area contributed by atoms with Gasteiger partial charge in [0.2, 0.25) is 27.7 Å². The van der Waals surface area contributed by atoms with E-state index in [0.717, 1.165) is 0 Å². The molecular formula is C22H25ClN8O4S. The Morgan fingerprint density at radius 3 is 2.44 bits per heavy atom. The summed E-state index contributed by atoms with van der Waals surface area (Å²) in [6.45, 7) is 6.86. The standard InChI is InChI=1S/C22H25ClN8O4S/c1-12-9-26-21(35-12)14(3)31-20(17-7-6-8-18(27-17)34-5)28-29-22(31)30-36(32,33)15(4)13(2)19-24-10-16(23)11-25-19/h6-11,13-15H,1-5H3,(H,29,30)/t13-,14-,15-/m0/s1. The molecule has 0 bridgehead atoms. The first kappa shape index (κ1) is 25.5. The SMILES string of the molecule is COc1cccc(-c2nnc(NS(=O)(=O)[C@@H](C)[C@H](C)c3ncc(Cl)cn3)n2[C@@H](C)c2ncc(C)o2)n1. The molecule has 1 N–H and O–H groups in total. The van der Waals surface area contributed by atoms with E-state index in [1.807, 2.05) is 0 Å². The Morgan fingerprint density at radius 1 is 1.08 bits per heavy atom. The third kappa shape index (κ3) is 5.16. The van der Waals surface area contributed by atoms with E-state index in [-0.39, 0.29) is 5.95 Å². The molecule has 36 heavy (non-hydrogen) atoms. The lowest BCUT2D eigenvalue weighted by Gasteiger charge is -2.21. The second kappa shape index (κ2) is 10.2. The van der Waals surface area contributed by atoms with Gasteiger partial charge >= 0.3 is 0 Å². The van der Waals surface area contributed by atoms with Crippen LogP contribution in [0.2, 0.25) is 5.02 Å². The monoisotopic (exact) mass is 532 g/mol. The van der Waals surface area contributed by atoms with Gasteiger partial charge in [-0.15, -0.1) is 10.2 Å². The first-order chi connectivity index (χ1) is 17.1. The van der Waals surface area contributed by atoms with Crippen LogP contribution in [0.15, 0.2) is 41.2 Å². The van der Waals surface area contributed by atoms with Gasteiger partial charge in [-0.05, 0) is 26.8 Å². The number of pyridine rings is 1. The summed E-state index contributed by atoms with van der Waals surface area (Å²) < 4.78 is 41.9. The molecule has 0 spiro atoms. The molecule has 0 unspecified atom stereocenters. The molecule has 4 aromatic heterocycles.